The fourth-order valence-electron chi connectivity index (χ4n) is 2.08. The van der Waals surface area contributed by atoms with Crippen molar-refractivity contribution in [1.29, 1.82) is 0 Å². The van der Waals surface area contributed by atoms with Crippen molar-refractivity contribution in [3.8, 4) is 5.75 Å². The molecule has 22 heavy (non-hydrogen) atoms. The maximum absolute atomic E-state index is 12.0. The van der Waals surface area contributed by atoms with Crippen LogP contribution in [0.25, 0.3) is 0 Å². The van der Waals surface area contributed by atoms with Gasteiger partial charge in [-0.05, 0) is 30.7 Å². The molecule has 0 aromatic heterocycles. The van der Waals surface area contributed by atoms with Crippen LogP contribution in [0.4, 0.5) is 13.2 Å². The number of hydrogen-bond acceptors (Lipinski definition) is 3. The number of halogens is 4. The van der Waals surface area contributed by atoms with E-state index < -0.39 is 12.8 Å². The molecule has 1 heterocycles. The van der Waals surface area contributed by atoms with Crippen LogP contribution in [0, 0.1) is 5.92 Å². The first-order valence-corrected chi connectivity index (χ1v) is 6.71. The Kier molecular flexibility index (Phi) is 6.96. The van der Waals surface area contributed by atoms with Gasteiger partial charge in [-0.15, -0.1) is 12.4 Å². The fourth-order valence-corrected chi connectivity index (χ4v) is 2.08. The van der Waals surface area contributed by atoms with Crippen LogP contribution in [0.1, 0.15) is 12.0 Å². The minimum Gasteiger partial charge on any atom is -0.484 e. The van der Waals surface area contributed by atoms with Gasteiger partial charge in [0.15, 0.2) is 6.61 Å². The van der Waals surface area contributed by atoms with E-state index in [4.69, 9.17) is 0 Å². The van der Waals surface area contributed by atoms with E-state index in [9.17, 15) is 18.0 Å². The SMILES string of the molecule is Cl.O=C(NCc1ccc(OCC(F)(F)F)cc1)C1CCNC1. The van der Waals surface area contributed by atoms with E-state index in [-0.39, 0.29) is 30.0 Å². The summed E-state index contributed by atoms with van der Waals surface area (Å²) in [7, 11) is 0. The van der Waals surface area contributed by atoms with Gasteiger partial charge in [-0.25, -0.2) is 0 Å². The zero-order chi connectivity index (χ0) is 15.3. The van der Waals surface area contributed by atoms with E-state index in [0.717, 1.165) is 18.5 Å². The van der Waals surface area contributed by atoms with Gasteiger partial charge in [-0.1, -0.05) is 12.1 Å². The third kappa shape index (κ3) is 6.11. The van der Waals surface area contributed by atoms with Gasteiger partial charge in [0.1, 0.15) is 5.75 Å². The molecular weight excluding hydrogens is 321 g/mol. The molecule has 1 amide bonds. The summed E-state index contributed by atoms with van der Waals surface area (Å²) in [5, 5.41) is 5.93. The average molecular weight is 339 g/mol. The molecule has 8 heteroatoms. The van der Waals surface area contributed by atoms with Crippen LogP contribution in [0.5, 0.6) is 5.75 Å². The third-order valence-electron chi connectivity index (χ3n) is 3.22. The van der Waals surface area contributed by atoms with Gasteiger partial charge in [0.25, 0.3) is 0 Å². The largest absolute Gasteiger partial charge is 0.484 e. The molecule has 2 N–H and O–H groups in total. The van der Waals surface area contributed by atoms with Crippen LogP contribution in [0.2, 0.25) is 0 Å². The second-order valence-electron chi connectivity index (χ2n) is 4.96. The lowest BCUT2D eigenvalue weighted by Crippen LogP contribution is -2.31. The van der Waals surface area contributed by atoms with Gasteiger partial charge in [-0.2, -0.15) is 13.2 Å². The van der Waals surface area contributed by atoms with Crippen molar-refractivity contribution in [2.75, 3.05) is 19.7 Å². The van der Waals surface area contributed by atoms with Crippen molar-refractivity contribution in [3.05, 3.63) is 29.8 Å². The molecule has 124 valence electrons. The van der Waals surface area contributed by atoms with E-state index in [1.165, 1.54) is 12.1 Å². The summed E-state index contributed by atoms with van der Waals surface area (Å²) in [6, 6.07) is 6.20. The lowest BCUT2D eigenvalue weighted by Gasteiger charge is -2.11. The maximum atomic E-state index is 12.0. The molecule has 1 aromatic rings. The molecule has 2 rings (SSSR count). The van der Waals surface area contributed by atoms with Crippen LogP contribution >= 0.6 is 12.4 Å². The number of rotatable bonds is 5. The molecule has 0 radical (unpaired) electrons. The summed E-state index contributed by atoms with van der Waals surface area (Å²) in [4.78, 5) is 11.8. The van der Waals surface area contributed by atoms with Crippen molar-refractivity contribution >= 4 is 18.3 Å². The van der Waals surface area contributed by atoms with Gasteiger partial charge in [0.05, 0.1) is 5.92 Å². The summed E-state index contributed by atoms with van der Waals surface area (Å²) in [6.07, 6.45) is -3.52. The van der Waals surface area contributed by atoms with Crippen molar-refractivity contribution in [1.82, 2.24) is 10.6 Å². The zero-order valence-corrected chi connectivity index (χ0v) is 12.6. The minimum atomic E-state index is -4.35. The first-order valence-electron chi connectivity index (χ1n) is 6.71. The summed E-state index contributed by atoms with van der Waals surface area (Å²) in [5.41, 5.74) is 0.814. The predicted octanol–water partition coefficient (Wildman–Crippen LogP) is 2.28. The fraction of sp³-hybridized carbons (Fsp3) is 0.500. The first-order chi connectivity index (χ1) is 9.94. The van der Waals surface area contributed by atoms with E-state index in [1.54, 1.807) is 12.1 Å². The molecule has 0 spiro atoms. The van der Waals surface area contributed by atoms with Gasteiger partial charge in [-0.3, -0.25) is 4.79 Å². The first kappa shape index (κ1) is 18.6. The van der Waals surface area contributed by atoms with Crippen molar-refractivity contribution in [3.63, 3.8) is 0 Å². The third-order valence-corrected chi connectivity index (χ3v) is 3.22. The molecule has 1 saturated heterocycles. The van der Waals surface area contributed by atoms with Crippen LogP contribution in [0.3, 0.4) is 0 Å². The average Bonchev–Trinajstić information content (AvgIpc) is 2.97. The Morgan fingerprint density at radius 1 is 1.32 bits per heavy atom. The topological polar surface area (TPSA) is 50.4 Å². The van der Waals surface area contributed by atoms with Crippen molar-refractivity contribution < 1.29 is 22.7 Å². The molecule has 1 aliphatic heterocycles. The molecule has 0 bridgehead atoms. The molecule has 1 fully saturated rings. The lowest BCUT2D eigenvalue weighted by atomic mass is 10.1. The summed E-state index contributed by atoms with van der Waals surface area (Å²) in [6.45, 7) is 0.589. The Morgan fingerprint density at radius 2 is 2.00 bits per heavy atom. The molecule has 1 aliphatic rings. The number of nitrogens with one attached hydrogen (secondary N) is 2. The highest BCUT2D eigenvalue weighted by atomic mass is 35.5. The Bertz CT molecular complexity index is 474. The number of carbonyl (C=O) groups is 1. The minimum absolute atomic E-state index is 0. The van der Waals surface area contributed by atoms with Crippen LogP contribution < -0.4 is 15.4 Å². The Morgan fingerprint density at radius 3 is 2.55 bits per heavy atom. The number of alkyl halides is 3. The van der Waals surface area contributed by atoms with Crippen LogP contribution in [-0.2, 0) is 11.3 Å². The maximum Gasteiger partial charge on any atom is 0.422 e. The molecular formula is C14H18ClF3N2O2. The summed E-state index contributed by atoms with van der Waals surface area (Å²) in [5.74, 6) is 0.152. The van der Waals surface area contributed by atoms with Gasteiger partial charge in [0, 0.05) is 13.1 Å². The Hall–Kier alpha value is -1.47. The van der Waals surface area contributed by atoms with Gasteiger partial charge >= 0.3 is 6.18 Å². The van der Waals surface area contributed by atoms with Crippen LogP contribution in [0.15, 0.2) is 24.3 Å². The molecule has 1 unspecified atom stereocenters. The number of carbonyl (C=O) groups excluding carboxylic acids is 1. The summed E-state index contributed by atoms with van der Waals surface area (Å²) < 4.78 is 40.6. The standard InChI is InChI=1S/C14H17F3N2O2.ClH/c15-14(16,17)9-21-12-3-1-10(2-4-12)7-19-13(20)11-5-6-18-8-11;/h1-4,11,18H,5-9H2,(H,19,20);1H. The van der Waals surface area contributed by atoms with Crippen molar-refractivity contribution in [2.45, 2.75) is 19.1 Å². The van der Waals surface area contributed by atoms with E-state index in [0.29, 0.717) is 13.1 Å². The quantitative estimate of drug-likeness (QED) is 0.866. The normalized spacial score (nSPS) is 17.7. The van der Waals surface area contributed by atoms with Gasteiger partial charge in [0.2, 0.25) is 5.91 Å². The Balaban J connectivity index is 0.00000242. The second kappa shape index (κ2) is 8.24. The second-order valence-corrected chi connectivity index (χ2v) is 4.96. The Labute approximate surface area is 132 Å². The predicted molar refractivity (Wildman–Crippen MR) is 78.1 cm³/mol. The molecule has 4 nitrogen and oxygen atoms in total. The molecule has 0 aliphatic carbocycles. The molecule has 0 saturated carbocycles. The number of amides is 1. The highest BCUT2D eigenvalue weighted by molar-refractivity contribution is 5.85. The lowest BCUT2D eigenvalue weighted by molar-refractivity contribution is -0.153. The van der Waals surface area contributed by atoms with E-state index >= 15 is 0 Å². The molecule has 1 aromatic carbocycles. The summed E-state index contributed by atoms with van der Waals surface area (Å²) >= 11 is 0. The van der Waals surface area contributed by atoms with E-state index in [1.807, 2.05) is 0 Å². The monoisotopic (exact) mass is 338 g/mol. The number of benzene rings is 1. The number of ether oxygens (including phenoxy) is 1. The zero-order valence-electron chi connectivity index (χ0n) is 11.8. The van der Waals surface area contributed by atoms with Crippen molar-refractivity contribution in [2.24, 2.45) is 5.92 Å². The smallest absolute Gasteiger partial charge is 0.422 e. The highest BCUT2D eigenvalue weighted by Crippen LogP contribution is 2.19. The number of hydrogen-bond donors (Lipinski definition) is 2. The van der Waals surface area contributed by atoms with Gasteiger partial charge < -0.3 is 15.4 Å². The molecule has 1 atom stereocenters. The van der Waals surface area contributed by atoms with Crippen LogP contribution in [-0.4, -0.2) is 31.8 Å². The highest BCUT2D eigenvalue weighted by Gasteiger charge is 2.28. The van der Waals surface area contributed by atoms with E-state index in [2.05, 4.69) is 15.4 Å².